The summed E-state index contributed by atoms with van der Waals surface area (Å²) in [6, 6.07) is 14.8. The number of pyridine rings is 2. The number of hydrogen-bond acceptors (Lipinski definition) is 6. The molecular weight excluding hydrogens is 471 g/mol. The summed E-state index contributed by atoms with van der Waals surface area (Å²) >= 11 is 0. The molecule has 0 spiro atoms. The van der Waals surface area contributed by atoms with Crippen LogP contribution in [0.4, 0.5) is 0 Å². The van der Waals surface area contributed by atoms with E-state index in [4.69, 9.17) is 5.11 Å². The molecule has 2 aromatic carbocycles. The Morgan fingerprint density at radius 2 is 1.25 bits per heavy atom. The summed E-state index contributed by atoms with van der Waals surface area (Å²) < 4.78 is 0. The van der Waals surface area contributed by atoms with Crippen molar-refractivity contribution in [2.75, 3.05) is 0 Å². The molecule has 0 aliphatic rings. The number of nitrogens with zero attached hydrogens (tertiary/aromatic N) is 2. The molecule has 4 aromatic rings. The van der Waals surface area contributed by atoms with Crippen molar-refractivity contribution in [1.82, 2.24) is 9.97 Å². The predicted octanol–water partition coefficient (Wildman–Crippen LogP) is -1.99. The monoisotopic (exact) mass is 493 g/mol. The van der Waals surface area contributed by atoms with Crippen LogP contribution >= 0.6 is 0 Å². The van der Waals surface area contributed by atoms with E-state index in [0.717, 1.165) is 40.0 Å². The molecule has 4 rings (SSSR count). The number of hydrogen-bond donors (Lipinski definition) is 1. The van der Waals surface area contributed by atoms with Gasteiger partial charge in [-0.1, -0.05) is 42.5 Å². The standard InChI is InChI=1S/C12H8N2.C8H6O5.Ni.4H2O/c1-3-9-5-6-10-4-2-8-14-12(10)11(9)13-7-1;9-4-1-2-5(7(10)11)6(3-4)8(12)13;;;;;/h1-8H;1-3,9H,(H,10,11)(H,12,13);;4*1H2/q;;+2;;;;/p+1. The van der Waals surface area contributed by atoms with Crippen molar-refractivity contribution in [2.24, 2.45) is 0 Å². The molecule has 0 saturated carbocycles. The van der Waals surface area contributed by atoms with Gasteiger partial charge in [-0.3, -0.25) is 9.97 Å². The molecule has 0 bridgehead atoms. The molecule has 12 N–H and O–H groups in total. The molecule has 0 unspecified atom stereocenters. The first-order valence-corrected chi connectivity index (χ1v) is 7.81. The summed E-state index contributed by atoms with van der Waals surface area (Å²) in [5.74, 6) is -3.63. The fraction of sp³-hybridized carbons (Fsp3) is 0. The zero-order valence-electron chi connectivity index (χ0n) is 16.4. The first-order valence-electron chi connectivity index (χ1n) is 7.81. The van der Waals surface area contributed by atoms with E-state index < -0.39 is 28.8 Å². The normalized spacial score (nSPS) is 8.62. The summed E-state index contributed by atoms with van der Waals surface area (Å²) in [7, 11) is 0. The topological polar surface area (TPSA) is 257 Å². The van der Waals surface area contributed by atoms with Gasteiger partial charge in [0.05, 0.1) is 22.6 Å². The number of benzene rings is 2. The molecule has 0 amide bonds. The molecule has 174 valence electrons. The van der Waals surface area contributed by atoms with Crippen molar-refractivity contribution in [3.63, 3.8) is 0 Å². The molecule has 2 heterocycles. The van der Waals surface area contributed by atoms with Gasteiger partial charge in [-0.25, -0.2) is 4.79 Å². The van der Waals surface area contributed by atoms with E-state index in [1.54, 1.807) is 12.4 Å². The number of aromatic nitrogens is 2. The van der Waals surface area contributed by atoms with E-state index in [9.17, 15) is 19.8 Å². The maximum Gasteiger partial charge on any atom is 2.00 e. The molecular formula is C20H23N2NiO9+3. The Balaban J connectivity index is -0.000000456. The number of carboxylic acid groups (broad SMARTS) is 2. The predicted molar refractivity (Wildman–Crippen MR) is 112 cm³/mol. The van der Waals surface area contributed by atoms with Crippen molar-refractivity contribution < 1.29 is 63.3 Å². The van der Waals surface area contributed by atoms with Gasteiger partial charge in [-0.2, -0.15) is 0 Å². The van der Waals surface area contributed by atoms with Crippen LogP contribution in [0.1, 0.15) is 20.7 Å². The number of carboxylic acids is 2. The van der Waals surface area contributed by atoms with Crippen molar-refractivity contribution >= 4 is 33.7 Å². The number of carbonyl (C=O) groups excluding carboxylic acids is 1. The van der Waals surface area contributed by atoms with Gasteiger partial charge < -0.3 is 42.0 Å². The summed E-state index contributed by atoms with van der Waals surface area (Å²) in [6.07, 6.45) is 3.60. The SMILES string of the molecule is O.O=C([O-])c1ccc([O-])cc1C(=O)O.[Ni+2].[OH3+].[OH3+].[OH3+].c1cnc2c(c1)ccc1cccnc12. The maximum atomic E-state index is 10.7. The van der Waals surface area contributed by atoms with E-state index in [1.165, 1.54) is 0 Å². The molecule has 0 radical (unpaired) electrons. The van der Waals surface area contributed by atoms with Crippen molar-refractivity contribution in [3.8, 4) is 5.75 Å². The largest absolute Gasteiger partial charge is 2.00 e. The number of fused-ring (bicyclic) bond motifs is 3. The molecule has 2 aromatic heterocycles. The van der Waals surface area contributed by atoms with Crippen molar-refractivity contribution in [1.29, 1.82) is 0 Å². The van der Waals surface area contributed by atoms with E-state index in [1.807, 2.05) is 12.1 Å². The fourth-order valence-electron chi connectivity index (χ4n) is 2.56. The van der Waals surface area contributed by atoms with Crippen molar-refractivity contribution in [2.45, 2.75) is 0 Å². The second-order valence-electron chi connectivity index (χ2n) is 5.52. The van der Waals surface area contributed by atoms with Crippen LogP contribution in [-0.4, -0.2) is 32.5 Å². The summed E-state index contributed by atoms with van der Waals surface area (Å²) in [4.78, 5) is 29.5. The van der Waals surface area contributed by atoms with Crippen LogP contribution in [0.2, 0.25) is 0 Å². The Kier molecular flexibility index (Phi) is 14.8. The fourth-order valence-corrected chi connectivity index (χ4v) is 2.56. The van der Waals surface area contributed by atoms with Gasteiger partial charge in [0.1, 0.15) is 0 Å². The minimum Gasteiger partial charge on any atom is -0.872 e. The van der Waals surface area contributed by atoms with Gasteiger partial charge in [0.25, 0.3) is 0 Å². The van der Waals surface area contributed by atoms with Crippen LogP contribution in [0.15, 0.2) is 67.0 Å². The minimum absolute atomic E-state index is 0. The van der Waals surface area contributed by atoms with Gasteiger partial charge in [0, 0.05) is 28.7 Å². The number of rotatable bonds is 2. The van der Waals surface area contributed by atoms with Crippen LogP contribution in [-0.2, 0) is 32.9 Å². The molecule has 0 aliphatic heterocycles. The second-order valence-corrected chi connectivity index (χ2v) is 5.52. The van der Waals surface area contributed by atoms with Crippen LogP contribution in [0.3, 0.4) is 0 Å². The summed E-state index contributed by atoms with van der Waals surface area (Å²) in [6.45, 7) is 0. The van der Waals surface area contributed by atoms with Gasteiger partial charge >= 0.3 is 22.5 Å². The van der Waals surface area contributed by atoms with E-state index >= 15 is 0 Å². The van der Waals surface area contributed by atoms with E-state index in [-0.39, 0.29) is 38.4 Å². The Morgan fingerprint density at radius 1 is 0.781 bits per heavy atom. The van der Waals surface area contributed by atoms with E-state index in [2.05, 4.69) is 34.2 Å². The third-order valence-electron chi connectivity index (χ3n) is 3.79. The summed E-state index contributed by atoms with van der Waals surface area (Å²) in [5.41, 5.74) is 0.913. The van der Waals surface area contributed by atoms with Crippen LogP contribution in [0.5, 0.6) is 5.75 Å². The molecule has 0 fully saturated rings. The molecule has 32 heavy (non-hydrogen) atoms. The number of carbonyl (C=O) groups is 2. The average Bonchev–Trinajstić information content (AvgIpc) is 2.68. The molecule has 12 heteroatoms. The average molecular weight is 494 g/mol. The Labute approximate surface area is 191 Å². The quantitative estimate of drug-likeness (QED) is 0.186. The maximum absolute atomic E-state index is 10.7. The minimum atomic E-state index is -1.61. The second kappa shape index (κ2) is 14.4. The molecule has 0 saturated heterocycles. The van der Waals surface area contributed by atoms with Gasteiger partial charge in [0.15, 0.2) is 0 Å². The smallest absolute Gasteiger partial charge is 0.872 e. The zero-order chi connectivity index (χ0) is 19.4. The van der Waals surface area contributed by atoms with Crippen LogP contribution < -0.4 is 10.2 Å². The first-order chi connectivity index (χ1) is 13.0. The zero-order valence-corrected chi connectivity index (χ0v) is 17.4. The van der Waals surface area contributed by atoms with Gasteiger partial charge in [0.2, 0.25) is 0 Å². The third kappa shape index (κ3) is 7.23. The number of aromatic carboxylic acids is 2. The van der Waals surface area contributed by atoms with Gasteiger partial charge in [-0.05, 0) is 12.1 Å². The van der Waals surface area contributed by atoms with Gasteiger partial charge in [-0.15, -0.1) is 5.75 Å². The Hall–Kier alpha value is -3.67. The molecule has 11 nitrogen and oxygen atoms in total. The Morgan fingerprint density at radius 3 is 1.66 bits per heavy atom. The Bertz CT molecular complexity index is 1120. The molecule has 0 aliphatic carbocycles. The summed E-state index contributed by atoms with van der Waals surface area (Å²) in [5, 5.41) is 31.8. The first kappa shape index (κ1) is 33.0. The van der Waals surface area contributed by atoms with E-state index in [0.29, 0.717) is 0 Å². The van der Waals surface area contributed by atoms with Crippen LogP contribution in [0.25, 0.3) is 21.8 Å². The third-order valence-corrected chi connectivity index (χ3v) is 3.79. The van der Waals surface area contributed by atoms with Crippen LogP contribution in [0, 0.1) is 0 Å². The molecule has 0 atom stereocenters. The van der Waals surface area contributed by atoms with Crippen molar-refractivity contribution in [3.05, 3.63) is 78.1 Å².